The van der Waals surface area contributed by atoms with Crippen LogP contribution in [0.25, 0.3) is 0 Å². The fourth-order valence-corrected chi connectivity index (χ4v) is 1.23. The van der Waals surface area contributed by atoms with E-state index < -0.39 is 5.67 Å². The van der Waals surface area contributed by atoms with Crippen molar-refractivity contribution < 1.29 is 9.18 Å². The van der Waals surface area contributed by atoms with Gasteiger partial charge in [-0.25, -0.2) is 4.39 Å². The van der Waals surface area contributed by atoms with Crippen LogP contribution in [0.1, 0.15) is 20.8 Å². The zero-order valence-electron chi connectivity index (χ0n) is 9.06. The summed E-state index contributed by atoms with van der Waals surface area (Å²) in [6, 6.07) is 0. The summed E-state index contributed by atoms with van der Waals surface area (Å²) in [6.45, 7) is 6.67. The summed E-state index contributed by atoms with van der Waals surface area (Å²) in [5.74, 6) is 0.195. The molecular weight excluding hydrogens is 183 g/mol. The minimum atomic E-state index is -1.22. The van der Waals surface area contributed by atoms with E-state index in [1.165, 1.54) is 0 Å². The van der Waals surface area contributed by atoms with Crippen LogP contribution in [0.2, 0.25) is 0 Å². The van der Waals surface area contributed by atoms with Crippen LogP contribution in [0.4, 0.5) is 4.39 Å². The summed E-state index contributed by atoms with van der Waals surface area (Å²) in [5.41, 5.74) is -1.22. The topological polar surface area (TPSA) is 41.1 Å². The second-order valence-corrected chi connectivity index (χ2v) is 4.50. The molecule has 0 bridgehead atoms. The normalized spacial score (nSPS) is 21.5. The Morgan fingerprint density at radius 1 is 1.50 bits per heavy atom. The summed E-state index contributed by atoms with van der Waals surface area (Å²) < 4.78 is 13.5. The predicted octanol–water partition coefficient (Wildman–Crippen LogP) is 0.706. The molecule has 0 spiro atoms. The van der Waals surface area contributed by atoms with Crippen LogP contribution in [-0.2, 0) is 4.79 Å². The van der Waals surface area contributed by atoms with E-state index in [1.54, 1.807) is 0 Å². The largest absolute Gasteiger partial charge is 0.353 e. The lowest BCUT2D eigenvalue weighted by Gasteiger charge is -2.35. The minimum absolute atomic E-state index is 0.0494. The Morgan fingerprint density at radius 3 is 2.43 bits per heavy atom. The Balaban J connectivity index is 2.27. The van der Waals surface area contributed by atoms with Crippen molar-refractivity contribution in [3.8, 4) is 0 Å². The van der Waals surface area contributed by atoms with Gasteiger partial charge in [-0.15, -0.1) is 0 Å². The van der Waals surface area contributed by atoms with Crippen molar-refractivity contribution in [1.29, 1.82) is 0 Å². The molecule has 1 aliphatic heterocycles. The van der Waals surface area contributed by atoms with E-state index >= 15 is 0 Å². The molecule has 1 saturated heterocycles. The van der Waals surface area contributed by atoms with Gasteiger partial charge in [0.05, 0.1) is 6.54 Å². The summed E-state index contributed by atoms with van der Waals surface area (Å²) in [5, 5.41) is 5.50. The van der Waals surface area contributed by atoms with Gasteiger partial charge in [-0.1, -0.05) is 20.8 Å². The monoisotopic (exact) mass is 202 g/mol. The molecule has 1 rings (SSSR count). The molecule has 1 heterocycles. The van der Waals surface area contributed by atoms with Crippen molar-refractivity contribution >= 4 is 5.91 Å². The number of carbonyl (C=O) groups is 1. The van der Waals surface area contributed by atoms with Crippen LogP contribution in [0.5, 0.6) is 0 Å². The van der Waals surface area contributed by atoms with Gasteiger partial charge in [0.25, 0.3) is 0 Å². The third-order valence-corrected chi connectivity index (χ3v) is 2.88. The van der Waals surface area contributed by atoms with E-state index in [9.17, 15) is 9.18 Å². The molecule has 1 aliphatic rings. The van der Waals surface area contributed by atoms with Crippen LogP contribution in [-0.4, -0.2) is 31.2 Å². The predicted molar refractivity (Wildman–Crippen MR) is 53.7 cm³/mol. The standard InChI is InChI=1S/C10H19FN2O/c1-7(2)8(3)9(14)13-6-10(11)4-12-5-10/h7-8,12H,4-6H2,1-3H3,(H,13,14). The average Bonchev–Trinajstić information content (AvgIpc) is 2.09. The Morgan fingerprint density at radius 2 is 2.07 bits per heavy atom. The summed E-state index contributed by atoms with van der Waals surface area (Å²) in [4.78, 5) is 11.5. The van der Waals surface area contributed by atoms with Gasteiger partial charge in [0, 0.05) is 19.0 Å². The molecule has 1 unspecified atom stereocenters. The fourth-order valence-electron chi connectivity index (χ4n) is 1.23. The molecule has 1 fully saturated rings. The number of nitrogens with one attached hydrogen (secondary N) is 2. The van der Waals surface area contributed by atoms with Crippen molar-refractivity contribution in [2.24, 2.45) is 11.8 Å². The molecule has 0 radical (unpaired) electrons. The van der Waals surface area contributed by atoms with E-state index in [0.29, 0.717) is 19.0 Å². The second kappa shape index (κ2) is 4.26. The lowest BCUT2D eigenvalue weighted by molar-refractivity contribution is -0.126. The molecule has 0 aliphatic carbocycles. The Hall–Kier alpha value is -0.640. The fraction of sp³-hybridized carbons (Fsp3) is 0.900. The Labute approximate surface area is 84.4 Å². The van der Waals surface area contributed by atoms with Crippen molar-refractivity contribution in [2.75, 3.05) is 19.6 Å². The number of rotatable bonds is 4. The Kier molecular flexibility index (Phi) is 3.48. The van der Waals surface area contributed by atoms with Crippen LogP contribution in [0.3, 0.4) is 0 Å². The first kappa shape index (κ1) is 11.4. The van der Waals surface area contributed by atoms with Crippen LogP contribution >= 0.6 is 0 Å². The maximum absolute atomic E-state index is 13.5. The molecule has 82 valence electrons. The molecule has 0 aromatic carbocycles. The van der Waals surface area contributed by atoms with Crippen molar-refractivity contribution in [3.63, 3.8) is 0 Å². The SMILES string of the molecule is CC(C)C(C)C(=O)NCC1(F)CNC1. The van der Waals surface area contributed by atoms with Gasteiger partial charge in [0.1, 0.15) is 0 Å². The average molecular weight is 202 g/mol. The molecule has 0 saturated carbocycles. The lowest BCUT2D eigenvalue weighted by atomic mass is 9.95. The number of halogens is 1. The van der Waals surface area contributed by atoms with Gasteiger partial charge in [-0.05, 0) is 5.92 Å². The first-order valence-corrected chi connectivity index (χ1v) is 5.12. The van der Waals surface area contributed by atoms with Gasteiger partial charge >= 0.3 is 0 Å². The van der Waals surface area contributed by atoms with Gasteiger partial charge in [-0.3, -0.25) is 4.79 Å². The molecule has 14 heavy (non-hydrogen) atoms. The maximum atomic E-state index is 13.5. The zero-order valence-corrected chi connectivity index (χ0v) is 9.06. The van der Waals surface area contributed by atoms with E-state index in [2.05, 4.69) is 10.6 Å². The van der Waals surface area contributed by atoms with Gasteiger partial charge in [0.2, 0.25) is 5.91 Å². The summed E-state index contributed by atoms with van der Waals surface area (Å²) in [7, 11) is 0. The summed E-state index contributed by atoms with van der Waals surface area (Å²) >= 11 is 0. The molecule has 1 amide bonds. The summed E-state index contributed by atoms with van der Waals surface area (Å²) in [6.07, 6.45) is 0. The number of amides is 1. The van der Waals surface area contributed by atoms with E-state index in [4.69, 9.17) is 0 Å². The molecular formula is C10H19FN2O. The zero-order chi connectivity index (χ0) is 10.8. The lowest BCUT2D eigenvalue weighted by Crippen LogP contribution is -2.62. The number of hydrogen-bond donors (Lipinski definition) is 2. The van der Waals surface area contributed by atoms with Crippen LogP contribution in [0.15, 0.2) is 0 Å². The quantitative estimate of drug-likeness (QED) is 0.705. The number of hydrogen-bond acceptors (Lipinski definition) is 2. The smallest absolute Gasteiger partial charge is 0.223 e. The first-order chi connectivity index (χ1) is 6.44. The van der Waals surface area contributed by atoms with Crippen LogP contribution < -0.4 is 10.6 Å². The number of carbonyl (C=O) groups excluding carboxylic acids is 1. The van der Waals surface area contributed by atoms with Gasteiger partial charge < -0.3 is 10.6 Å². The van der Waals surface area contributed by atoms with Crippen molar-refractivity contribution in [2.45, 2.75) is 26.4 Å². The molecule has 0 aromatic heterocycles. The third kappa shape index (κ3) is 2.67. The van der Waals surface area contributed by atoms with E-state index in [0.717, 1.165) is 0 Å². The highest BCUT2D eigenvalue weighted by Crippen LogP contribution is 2.15. The number of alkyl halides is 1. The Bertz CT molecular complexity index is 214. The maximum Gasteiger partial charge on any atom is 0.223 e. The van der Waals surface area contributed by atoms with Crippen molar-refractivity contribution in [1.82, 2.24) is 10.6 Å². The molecule has 1 atom stereocenters. The van der Waals surface area contributed by atoms with Crippen LogP contribution in [0, 0.1) is 11.8 Å². The van der Waals surface area contributed by atoms with Gasteiger partial charge in [0.15, 0.2) is 5.67 Å². The molecule has 0 aromatic rings. The third-order valence-electron chi connectivity index (χ3n) is 2.88. The minimum Gasteiger partial charge on any atom is -0.353 e. The molecule has 4 heteroatoms. The van der Waals surface area contributed by atoms with E-state index in [-0.39, 0.29) is 18.4 Å². The highest BCUT2D eigenvalue weighted by Gasteiger charge is 2.37. The first-order valence-electron chi connectivity index (χ1n) is 5.12. The second-order valence-electron chi connectivity index (χ2n) is 4.50. The molecule has 2 N–H and O–H groups in total. The molecule has 3 nitrogen and oxygen atoms in total. The van der Waals surface area contributed by atoms with E-state index in [1.807, 2.05) is 20.8 Å². The van der Waals surface area contributed by atoms with Gasteiger partial charge in [-0.2, -0.15) is 0 Å². The highest BCUT2D eigenvalue weighted by atomic mass is 19.1. The van der Waals surface area contributed by atoms with Crippen molar-refractivity contribution in [3.05, 3.63) is 0 Å². The highest BCUT2D eigenvalue weighted by molar-refractivity contribution is 5.78.